The maximum Gasteiger partial charge on any atom is 0.129 e. The van der Waals surface area contributed by atoms with E-state index < -0.39 is 0 Å². The standard InChI is InChI=1S/C12H14N2O/c1-2-3-10(13)8-4-5-11-9(12(8)15)6-7-14-11/h2,4-7,10,14-15H,1,3,13H2/t10-/m1/s1. The zero-order valence-electron chi connectivity index (χ0n) is 8.40. The van der Waals surface area contributed by atoms with Crippen molar-refractivity contribution >= 4 is 10.9 Å². The summed E-state index contributed by atoms with van der Waals surface area (Å²) in [4.78, 5) is 3.04. The molecule has 0 saturated heterocycles. The number of benzene rings is 1. The number of nitrogens with one attached hydrogen (secondary N) is 1. The van der Waals surface area contributed by atoms with Crippen LogP contribution in [0.4, 0.5) is 0 Å². The predicted octanol–water partition coefficient (Wildman–Crippen LogP) is 2.45. The molecule has 78 valence electrons. The number of hydrogen-bond donors (Lipinski definition) is 3. The highest BCUT2D eigenvalue weighted by Crippen LogP contribution is 2.32. The molecule has 0 radical (unpaired) electrons. The fourth-order valence-electron chi connectivity index (χ4n) is 1.74. The van der Waals surface area contributed by atoms with E-state index >= 15 is 0 Å². The first-order valence-electron chi connectivity index (χ1n) is 4.89. The minimum absolute atomic E-state index is 0.193. The Morgan fingerprint density at radius 3 is 3.00 bits per heavy atom. The highest BCUT2D eigenvalue weighted by molar-refractivity contribution is 5.87. The van der Waals surface area contributed by atoms with Crippen molar-refractivity contribution in [1.29, 1.82) is 0 Å². The molecule has 0 aliphatic heterocycles. The molecule has 0 amide bonds. The van der Waals surface area contributed by atoms with Gasteiger partial charge in [-0.25, -0.2) is 0 Å². The lowest BCUT2D eigenvalue weighted by Gasteiger charge is -2.11. The lowest BCUT2D eigenvalue weighted by atomic mass is 10.0. The van der Waals surface area contributed by atoms with E-state index in [0.29, 0.717) is 6.42 Å². The first kappa shape index (κ1) is 9.80. The van der Waals surface area contributed by atoms with Crippen LogP contribution < -0.4 is 5.73 Å². The Bertz CT molecular complexity index is 487. The molecule has 0 spiro atoms. The second-order valence-electron chi connectivity index (χ2n) is 3.57. The van der Waals surface area contributed by atoms with Gasteiger partial charge in [-0.3, -0.25) is 0 Å². The average Bonchev–Trinajstić information content (AvgIpc) is 2.67. The maximum atomic E-state index is 10.0. The third-order valence-corrected chi connectivity index (χ3v) is 2.56. The van der Waals surface area contributed by atoms with Crippen molar-refractivity contribution in [3.05, 3.63) is 42.6 Å². The van der Waals surface area contributed by atoms with Crippen LogP contribution in [0.3, 0.4) is 0 Å². The van der Waals surface area contributed by atoms with Gasteiger partial charge in [0, 0.05) is 28.7 Å². The van der Waals surface area contributed by atoms with E-state index in [4.69, 9.17) is 5.73 Å². The van der Waals surface area contributed by atoms with Gasteiger partial charge in [0.05, 0.1) is 0 Å². The van der Waals surface area contributed by atoms with E-state index in [1.807, 2.05) is 18.2 Å². The highest BCUT2D eigenvalue weighted by Gasteiger charge is 2.12. The number of H-pyrrole nitrogens is 1. The number of aromatic amines is 1. The van der Waals surface area contributed by atoms with Gasteiger partial charge in [0.1, 0.15) is 5.75 Å². The van der Waals surface area contributed by atoms with Crippen molar-refractivity contribution in [2.24, 2.45) is 5.73 Å². The molecule has 1 atom stereocenters. The number of phenols is 1. The Morgan fingerprint density at radius 1 is 1.47 bits per heavy atom. The molecule has 15 heavy (non-hydrogen) atoms. The van der Waals surface area contributed by atoms with E-state index in [1.165, 1.54) is 0 Å². The van der Waals surface area contributed by atoms with Crippen LogP contribution in [0.1, 0.15) is 18.0 Å². The number of aromatic hydroxyl groups is 1. The normalized spacial score (nSPS) is 12.9. The topological polar surface area (TPSA) is 62.0 Å². The molecule has 0 aliphatic rings. The molecule has 3 heteroatoms. The van der Waals surface area contributed by atoms with Crippen LogP contribution in [0, 0.1) is 0 Å². The number of phenolic OH excluding ortho intramolecular Hbond substituents is 1. The molecule has 1 aromatic carbocycles. The van der Waals surface area contributed by atoms with Gasteiger partial charge in [-0.05, 0) is 18.6 Å². The number of hydrogen-bond acceptors (Lipinski definition) is 2. The molecule has 0 unspecified atom stereocenters. The van der Waals surface area contributed by atoms with Gasteiger partial charge in [-0.15, -0.1) is 6.58 Å². The summed E-state index contributed by atoms with van der Waals surface area (Å²) in [5, 5.41) is 10.8. The van der Waals surface area contributed by atoms with E-state index in [2.05, 4.69) is 11.6 Å². The second-order valence-corrected chi connectivity index (χ2v) is 3.57. The van der Waals surface area contributed by atoms with Crippen molar-refractivity contribution in [3.63, 3.8) is 0 Å². The minimum Gasteiger partial charge on any atom is -0.507 e. The molecule has 2 rings (SSSR count). The third-order valence-electron chi connectivity index (χ3n) is 2.56. The summed E-state index contributed by atoms with van der Waals surface area (Å²) < 4.78 is 0. The van der Waals surface area contributed by atoms with Crippen LogP contribution in [0.2, 0.25) is 0 Å². The largest absolute Gasteiger partial charge is 0.507 e. The number of aromatic nitrogens is 1. The highest BCUT2D eigenvalue weighted by atomic mass is 16.3. The van der Waals surface area contributed by atoms with Crippen LogP contribution in [0.5, 0.6) is 5.75 Å². The third kappa shape index (κ3) is 1.62. The predicted molar refractivity (Wildman–Crippen MR) is 61.7 cm³/mol. The Balaban J connectivity index is 2.51. The van der Waals surface area contributed by atoms with E-state index in [1.54, 1.807) is 12.3 Å². The first-order chi connectivity index (χ1) is 7.24. The van der Waals surface area contributed by atoms with Crippen LogP contribution in [0.25, 0.3) is 10.9 Å². The summed E-state index contributed by atoms with van der Waals surface area (Å²) in [6.45, 7) is 3.64. The molecule has 4 N–H and O–H groups in total. The summed E-state index contributed by atoms with van der Waals surface area (Å²) in [7, 11) is 0. The van der Waals surface area contributed by atoms with Crippen molar-refractivity contribution in [3.8, 4) is 5.75 Å². The summed E-state index contributed by atoms with van der Waals surface area (Å²) >= 11 is 0. The van der Waals surface area contributed by atoms with E-state index in [-0.39, 0.29) is 11.8 Å². The summed E-state index contributed by atoms with van der Waals surface area (Å²) in [6.07, 6.45) is 4.21. The second kappa shape index (κ2) is 3.79. The number of rotatable bonds is 3. The molecule has 0 saturated carbocycles. The molecular weight excluding hydrogens is 188 g/mol. The minimum atomic E-state index is -0.193. The molecule has 0 fully saturated rings. The lowest BCUT2D eigenvalue weighted by molar-refractivity contribution is 0.468. The monoisotopic (exact) mass is 202 g/mol. The molecule has 1 aromatic heterocycles. The van der Waals surface area contributed by atoms with Crippen molar-refractivity contribution in [1.82, 2.24) is 4.98 Å². The zero-order valence-corrected chi connectivity index (χ0v) is 8.40. The number of fused-ring (bicyclic) bond motifs is 1. The fraction of sp³-hybridized carbons (Fsp3) is 0.167. The van der Waals surface area contributed by atoms with Gasteiger partial charge in [0.25, 0.3) is 0 Å². The van der Waals surface area contributed by atoms with Crippen molar-refractivity contribution < 1.29 is 5.11 Å². The summed E-state index contributed by atoms with van der Waals surface area (Å²) in [5.41, 5.74) is 7.61. The van der Waals surface area contributed by atoms with Crippen LogP contribution in [-0.4, -0.2) is 10.1 Å². The Hall–Kier alpha value is -1.74. The Morgan fingerprint density at radius 2 is 2.27 bits per heavy atom. The SMILES string of the molecule is C=CC[C@@H](N)c1ccc2[nH]ccc2c1O. The molecule has 1 heterocycles. The zero-order chi connectivity index (χ0) is 10.8. The van der Waals surface area contributed by atoms with Crippen LogP contribution in [-0.2, 0) is 0 Å². The number of nitrogens with two attached hydrogens (primary N) is 1. The van der Waals surface area contributed by atoms with Gasteiger partial charge in [-0.2, -0.15) is 0 Å². The Labute approximate surface area is 88.2 Å². The van der Waals surface area contributed by atoms with Gasteiger partial charge < -0.3 is 15.8 Å². The van der Waals surface area contributed by atoms with E-state index in [0.717, 1.165) is 16.5 Å². The molecule has 0 bridgehead atoms. The molecular formula is C12H14N2O. The fourth-order valence-corrected chi connectivity index (χ4v) is 1.74. The average molecular weight is 202 g/mol. The molecule has 2 aromatic rings. The smallest absolute Gasteiger partial charge is 0.129 e. The van der Waals surface area contributed by atoms with Crippen LogP contribution in [0.15, 0.2) is 37.1 Å². The van der Waals surface area contributed by atoms with Gasteiger partial charge in [-0.1, -0.05) is 12.1 Å². The van der Waals surface area contributed by atoms with Crippen molar-refractivity contribution in [2.75, 3.05) is 0 Å². The van der Waals surface area contributed by atoms with Crippen molar-refractivity contribution in [2.45, 2.75) is 12.5 Å². The van der Waals surface area contributed by atoms with Gasteiger partial charge >= 0.3 is 0 Å². The Kier molecular flexibility index (Phi) is 2.47. The van der Waals surface area contributed by atoms with Gasteiger partial charge in [0.15, 0.2) is 0 Å². The lowest BCUT2D eigenvalue weighted by Crippen LogP contribution is -2.09. The summed E-state index contributed by atoms with van der Waals surface area (Å²) in [5.74, 6) is 0.267. The quantitative estimate of drug-likeness (QED) is 0.669. The van der Waals surface area contributed by atoms with E-state index in [9.17, 15) is 5.11 Å². The first-order valence-corrected chi connectivity index (χ1v) is 4.89. The van der Waals surface area contributed by atoms with Gasteiger partial charge in [0.2, 0.25) is 0 Å². The molecule has 0 aliphatic carbocycles. The maximum absolute atomic E-state index is 10.0. The summed E-state index contributed by atoms with van der Waals surface area (Å²) in [6, 6.07) is 5.42. The van der Waals surface area contributed by atoms with Crippen LogP contribution >= 0.6 is 0 Å². The molecule has 3 nitrogen and oxygen atoms in total.